The van der Waals surface area contributed by atoms with E-state index in [9.17, 15) is 4.79 Å². The summed E-state index contributed by atoms with van der Waals surface area (Å²) in [5.41, 5.74) is 7.03. The molecule has 0 saturated carbocycles. The third kappa shape index (κ3) is 5.63. The van der Waals surface area contributed by atoms with Crippen molar-refractivity contribution in [3.8, 4) is 0 Å². The zero-order chi connectivity index (χ0) is 14.6. The predicted octanol–water partition coefficient (Wildman–Crippen LogP) is 3.48. The summed E-state index contributed by atoms with van der Waals surface area (Å²) in [5, 5.41) is 2.06. The van der Waals surface area contributed by atoms with Crippen LogP contribution in [0.15, 0.2) is 15.2 Å². The van der Waals surface area contributed by atoms with Crippen molar-refractivity contribution in [1.29, 1.82) is 0 Å². The summed E-state index contributed by atoms with van der Waals surface area (Å²) in [6, 6.07) is 2.05. The Bertz CT molecular complexity index is 425. The van der Waals surface area contributed by atoms with Crippen molar-refractivity contribution in [2.24, 2.45) is 17.1 Å². The van der Waals surface area contributed by atoms with E-state index in [1.807, 2.05) is 7.05 Å². The maximum Gasteiger partial charge on any atom is 0.227 e. The van der Waals surface area contributed by atoms with Gasteiger partial charge >= 0.3 is 0 Å². The molecule has 0 saturated heterocycles. The highest BCUT2D eigenvalue weighted by Gasteiger charge is 2.26. The van der Waals surface area contributed by atoms with Crippen molar-refractivity contribution >= 4 is 33.2 Å². The van der Waals surface area contributed by atoms with E-state index in [0.29, 0.717) is 13.1 Å². The lowest BCUT2D eigenvalue weighted by Gasteiger charge is -2.28. The van der Waals surface area contributed by atoms with E-state index in [2.05, 4.69) is 48.1 Å². The van der Waals surface area contributed by atoms with Gasteiger partial charge in [-0.2, -0.15) is 0 Å². The molecule has 0 aliphatic heterocycles. The molecule has 2 N–H and O–H groups in total. The third-order valence-corrected chi connectivity index (χ3v) is 4.46. The van der Waals surface area contributed by atoms with E-state index < -0.39 is 0 Å². The molecule has 1 atom stereocenters. The van der Waals surface area contributed by atoms with Crippen molar-refractivity contribution in [1.82, 2.24) is 4.90 Å². The first-order valence-electron chi connectivity index (χ1n) is 6.41. The van der Waals surface area contributed by atoms with Crippen LogP contribution in [0.25, 0.3) is 0 Å². The smallest absolute Gasteiger partial charge is 0.227 e. The summed E-state index contributed by atoms with van der Waals surface area (Å²) in [4.78, 5) is 14.2. The van der Waals surface area contributed by atoms with Gasteiger partial charge in [0.2, 0.25) is 5.91 Å². The molecule has 19 heavy (non-hydrogen) atoms. The number of nitrogens with zero attached hydrogens (tertiary/aromatic N) is 1. The fraction of sp³-hybridized carbons (Fsp3) is 0.643. The Hall–Kier alpha value is -0.390. The minimum absolute atomic E-state index is 0.0907. The van der Waals surface area contributed by atoms with Gasteiger partial charge in [-0.15, -0.1) is 11.3 Å². The van der Waals surface area contributed by atoms with Crippen molar-refractivity contribution < 1.29 is 4.79 Å². The molecule has 1 aromatic rings. The SMILES string of the molecule is CN(Cc1csc(Br)c1)C(=O)C(CN)CC(C)(C)C. The highest BCUT2D eigenvalue weighted by atomic mass is 79.9. The standard InChI is InChI=1S/C14H23BrN2OS/c1-14(2,3)6-11(7-16)13(18)17(4)8-10-5-12(15)19-9-10/h5,9,11H,6-8,16H2,1-4H3. The highest BCUT2D eigenvalue weighted by Crippen LogP contribution is 2.26. The normalized spacial score (nSPS) is 13.4. The molecule has 0 spiro atoms. The minimum Gasteiger partial charge on any atom is -0.341 e. The Morgan fingerprint density at radius 3 is 2.58 bits per heavy atom. The van der Waals surface area contributed by atoms with Gasteiger partial charge in [0.05, 0.1) is 9.70 Å². The highest BCUT2D eigenvalue weighted by molar-refractivity contribution is 9.11. The first kappa shape index (κ1) is 16.7. The second-order valence-electron chi connectivity index (χ2n) is 6.15. The summed E-state index contributed by atoms with van der Waals surface area (Å²) in [7, 11) is 1.85. The Kier molecular flexibility index (Phi) is 6.02. The second-order valence-corrected chi connectivity index (χ2v) is 8.44. The monoisotopic (exact) mass is 346 g/mol. The Morgan fingerprint density at radius 2 is 2.16 bits per heavy atom. The first-order valence-corrected chi connectivity index (χ1v) is 8.08. The number of nitrogens with two attached hydrogens (primary N) is 1. The molecule has 0 aliphatic carbocycles. The molecule has 0 aromatic carbocycles. The molecular formula is C14H23BrN2OS. The lowest BCUT2D eigenvalue weighted by atomic mass is 9.84. The zero-order valence-electron chi connectivity index (χ0n) is 12.1. The van der Waals surface area contributed by atoms with Crippen LogP contribution in [0.4, 0.5) is 0 Å². The van der Waals surface area contributed by atoms with Gasteiger partial charge in [0.1, 0.15) is 0 Å². The third-order valence-electron chi connectivity index (χ3n) is 2.91. The van der Waals surface area contributed by atoms with Gasteiger partial charge in [-0.3, -0.25) is 4.79 Å². The fourth-order valence-corrected chi connectivity index (χ4v) is 3.30. The van der Waals surface area contributed by atoms with Crippen LogP contribution in [-0.2, 0) is 11.3 Å². The predicted molar refractivity (Wildman–Crippen MR) is 85.1 cm³/mol. The van der Waals surface area contributed by atoms with Crippen molar-refractivity contribution in [2.45, 2.75) is 33.7 Å². The van der Waals surface area contributed by atoms with Gasteiger partial charge in [-0.25, -0.2) is 0 Å². The Labute approximate surface area is 128 Å². The van der Waals surface area contributed by atoms with Gasteiger partial charge in [-0.05, 0) is 44.8 Å². The maximum absolute atomic E-state index is 12.4. The number of carbonyl (C=O) groups is 1. The molecule has 0 fully saturated rings. The van der Waals surface area contributed by atoms with Crippen LogP contribution in [0.2, 0.25) is 0 Å². The summed E-state index contributed by atoms with van der Waals surface area (Å²) < 4.78 is 1.09. The van der Waals surface area contributed by atoms with E-state index in [1.165, 1.54) is 0 Å². The lowest BCUT2D eigenvalue weighted by Crippen LogP contribution is -2.38. The number of halogens is 1. The second kappa shape index (κ2) is 6.86. The molecule has 0 bridgehead atoms. The molecule has 1 unspecified atom stereocenters. The molecule has 0 aliphatic rings. The van der Waals surface area contributed by atoms with Crippen molar-refractivity contribution in [2.75, 3.05) is 13.6 Å². The van der Waals surface area contributed by atoms with E-state index in [-0.39, 0.29) is 17.2 Å². The maximum atomic E-state index is 12.4. The van der Waals surface area contributed by atoms with Gasteiger partial charge in [0.15, 0.2) is 0 Å². The summed E-state index contributed by atoms with van der Waals surface area (Å²) >= 11 is 5.07. The van der Waals surface area contributed by atoms with Crippen LogP contribution >= 0.6 is 27.3 Å². The number of hydrogen-bond donors (Lipinski definition) is 1. The number of thiophene rings is 1. The Balaban J connectivity index is 2.64. The molecular weight excluding hydrogens is 324 g/mol. The summed E-state index contributed by atoms with van der Waals surface area (Å²) in [6.45, 7) is 7.46. The van der Waals surface area contributed by atoms with Gasteiger partial charge in [0, 0.05) is 20.1 Å². The number of amides is 1. The number of carbonyl (C=O) groups excluding carboxylic acids is 1. The van der Waals surface area contributed by atoms with E-state index >= 15 is 0 Å². The van der Waals surface area contributed by atoms with Crippen LogP contribution in [0.3, 0.4) is 0 Å². The van der Waals surface area contributed by atoms with Crippen molar-refractivity contribution in [3.63, 3.8) is 0 Å². The molecule has 108 valence electrons. The Morgan fingerprint density at radius 1 is 1.53 bits per heavy atom. The molecule has 1 heterocycles. The molecule has 3 nitrogen and oxygen atoms in total. The summed E-state index contributed by atoms with van der Waals surface area (Å²) in [5.74, 6) is 0.0480. The lowest BCUT2D eigenvalue weighted by molar-refractivity contribution is -0.135. The van der Waals surface area contributed by atoms with Gasteiger partial charge in [0.25, 0.3) is 0 Å². The van der Waals surface area contributed by atoms with Crippen molar-refractivity contribution in [3.05, 3.63) is 20.8 Å². The zero-order valence-corrected chi connectivity index (χ0v) is 14.5. The van der Waals surface area contributed by atoms with E-state index in [0.717, 1.165) is 15.8 Å². The largest absolute Gasteiger partial charge is 0.341 e. The summed E-state index contributed by atoms with van der Waals surface area (Å²) in [6.07, 6.45) is 0.819. The van der Waals surface area contributed by atoms with Crippen LogP contribution in [0, 0.1) is 11.3 Å². The molecule has 1 amide bonds. The van der Waals surface area contributed by atoms with Crippen LogP contribution < -0.4 is 5.73 Å². The first-order chi connectivity index (χ1) is 8.73. The minimum atomic E-state index is -0.0907. The molecule has 1 aromatic heterocycles. The van der Waals surface area contributed by atoms with Gasteiger partial charge < -0.3 is 10.6 Å². The van der Waals surface area contributed by atoms with E-state index in [1.54, 1.807) is 16.2 Å². The average molecular weight is 347 g/mol. The van der Waals surface area contributed by atoms with Crippen LogP contribution in [-0.4, -0.2) is 24.4 Å². The molecule has 5 heteroatoms. The van der Waals surface area contributed by atoms with Crippen LogP contribution in [0.1, 0.15) is 32.8 Å². The number of rotatable bonds is 5. The average Bonchev–Trinajstić information content (AvgIpc) is 2.69. The topological polar surface area (TPSA) is 46.3 Å². The molecule has 1 rings (SSSR count). The quantitative estimate of drug-likeness (QED) is 0.886. The van der Waals surface area contributed by atoms with E-state index in [4.69, 9.17) is 5.73 Å². The number of hydrogen-bond acceptors (Lipinski definition) is 3. The molecule has 0 radical (unpaired) electrons. The van der Waals surface area contributed by atoms with Crippen LogP contribution in [0.5, 0.6) is 0 Å². The fourth-order valence-electron chi connectivity index (χ4n) is 2.10. The van der Waals surface area contributed by atoms with Gasteiger partial charge in [-0.1, -0.05) is 20.8 Å².